The van der Waals surface area contributed by atoms with E-state index in [0.717, 1.165) is 17.7 Å². The predicted molar refractivity (Wildman–Crippen MR) is 85.8 cm³/mol. The van der Waals surface area contributed by atoms with Crippen molar-refractivity contribution >= 4 is 5.97 Å². The maximum atomic E-state index is 12.8. The van der Waals surface area contributed by atoms with Crippen LogP contribution in [-0.4, -0.2) is 19.6 Å². The van der Waals surface area contributed by atoms with Gasteiger partial charge in [-0.15, -0.1) is 0 Å². The molecule has 0 heterocycles. The highest BCUT2D eigenvalue weighted by atomic mass is 19.4. The zero-order valence-corrected chi connectivity index (χ0v) is 13.5. The molecule has 0 aliphatic carbocycles. The SMILES string of the molecule is COC(=O)c1ccc(COC(CN)c2cccc(C(F)(F)F)c2)cc1. The largest absolute Gasteiger partial charge is 0.465 e. The molecule has 0 fully saturated rings. The Balaban J connectivity index is 2.06. The fraction of sp³-hybridized carbons (Fsp3) is 0.278. The standard InChI is InChI=1S/C18H18F3NO3/c1-24-17(23)13-7-5-12(6-8-13)11-25-16(10-22)14-3-2-4-15(9-14)18(19,20)21/h2-9,16H,10-11,22H2,1H3. The molecule has 0 spiro atoms. The van der Waals surface area contributed by atoms with Gasteiger partial charge in [0, 0.05) is 6.54 Å². The van der Waals surface area contributed by atoms with Crippen LogP contribution in [0.25, 0.3) is 0 Å². The summed E-state index contributed by atoms with van der Waals surface area (Å²) in [5, 5.41) is 0. The van der Waals surface area contributed by atoms with Crippen molar-refractivity contribution in [1.82, 2.24) is 0 Å². The van der Waals surface area contributed by atoms with E-state index in [1.54, 1.807) is 30.3 Å². The molecule has 1 atom stereocenters. The monoisotopic (exact) mass is 353 g/mol. The van der Waals surface area contributed by atoms with Crippen LogP contribution in [0.3, 0.4) is 0 Å². The van der Waals surface area contributed by atoms with Gasteiger partial charge >= 0.3 is 12.1 Å². The number of ether oxygens (including phenoxy) is 2. The summed E-state index contributed by atoms with van der Waals surface area (Å²) in [6.45, 7) is 0.196. The summed E-state index contributed by atoms with van der Waals surface area (Å²) in [6, 6.07) is 11.5. The molecular weight excluding hydrogens is 335 g/mol. The molecule has 0 saturated heterocycles. The molecule has 0 aliphatic heterocycles. The Kier molecular flexibility index (Phi) is 6.17. The number of carbonyl (C=O) groups excluding carboxylic acids is 1. The van der Waals surface area contributed by atoms with Gasteiger partial charge < -0.3 is 15.2 Å². The number of hydrogen-bond donors (Lipinski definition) is 1. The van der Waals surface area contributed by atoms with Crippen LogP contribution in [0.15, 0.2) is 48.5 Å². The van der Waals surface area contributed by atoms with E-state index in [4.69, 9.17) is 10.5 Å². The molecule has 4 nitrogen and oxygen atoms in total. The van der Waals surface area contributed by atoms with Gasteiger partial charge in [-0.05, 0) is 35.4 Å². The van der Waals surface area contributed by atoms with Gasteiger partial charge in [0.05, 0.1) is 30.9 Å². The number of nitrogens with two attached hydrogens (primary N) is 1. The third kappa shape index (κ3) is 5.04. The average Bonchev–Trinajstić information content (AvgIpc) is 2.61. The van der Waals surface area contributed by atoms with Gasteiger partial charge in [0.2, 0.25) is 0 Å². The van der Waals surface area contributed by atoms with Crippen molar-refractivity contribution in [3.8, 4) is 0 Å². The normalized spacial score (nSPS) is 12.7. The fourth-order valence-electron chi connectivity index (χ4n) is 2.27. The van der Waals surface area contributed by atoms with Crippen molar-refractivity contribution in [3.05, 3.63) is 70.8 Å². The second-order valence-corrected chi connectivity index (χ2v) is 5.35. The Hall–Kier alpha value is -2.38. The van der Waals surface area contributed by atoms with Crippen LogP contribution in [0, 0.1) is 0 Å². The summed E-state index contributed by atoms with van der Waals surface area (Å²) >= 11 is 0. The highest BCUT2D eigenvalue weighted by Crippen LogP contribution is 2.31. The van der Waals surface area contributed by atoms with Crippen LogP contribution in [-0.2, 0) is 22.3 Å². The van der Waals surface area contributed by atoms with Crippen molar-refractivity contribution in [2.75, 3.05) is 13.7 Å². The first kappa shape index (κ1) is 19.0. The molecule has 2 aromatic rings. The molecule has 2 rings (SSSR count). The highest BCUT2D eigenvalue weighted by molar-refractivity contribution is 5.89. The molecular formula is C18H18F3NO3. The van der Waals surface area contributed by atoms with Gasteiger partial charge in [0.1, 0.15) is 0 Å². The van der Waals surface area contributed by atoms with Crippen molar-refractivity contribution in [2.24, 2.45) is 5.73 Å². The number of rotatable bonds is 6. The van der Waals surface area contributed by atoms with Crippen LogP contribution < -0.4 is 5.73 Å². The summed E-state index contributed by atoms with van der Waals surface area (Å²) in [7, 11) is 1.29. The van der Waals surface area contributed by atoms with Gasteiger partial charge in [-0.1, -0.05) is 24.3 Å². The average molecular weight is 353 g/mol. The summed E-state index contributed by atoms with van der Waals surface area (Å²) in [6.07, 6.45) is -5.08. The summed E-state index contributed by atoms with van der Waals surface area (Å²) in [5.41, 5.74) is 6.43. The number of carbonyl (C=O) groups is 1. The van der Waals surface area contributed by atoms with Crippen molar-refractivity contribution in [2.45, 2.75) is 18.9 Å². The first-order valence-corrected chi connectivity index (χ1v) is 7.51. The maximum absolute atomic E-state index is 12.8. The molecule has 2 N–H and O–H groups in total. The lowest BCUT2D eigenvalue weighted by atomic mass is 10.1. The number of esters is 1. The third-order valence-electron chi connectivity index (χ3n) is 3.63. The van der Waals surface area contributed by atoms with E-state index < -0.39 is 23.8 Å². The first-order valence-electron chi connectivity index (χ1n) is 7.51. The summed E-state index contributed by atoms with van der Waals surface area (Å²) in [5.74, 6) is -0.448. The molecule has 0 aromatic heterocycles. The van der Waals surface area contributed by atoms with Crippen molar-refractivity contribution in [1.29, 1.82) is 0 Å². The van der Waals surface area contributed by atoms with Gasteiger partial charge in [0.25, 0.3) is 0 Å². The Morgan fingerprint density at radius 1 is 1.16 bits per heavy atom. The summed E-state index contributed by atoms with van der Waals surface area (Å²) < 4.78 is 48.7. The smallest absolute Gasteiger partial charge is 0.416 e. The lowest BCUT2D eigenvalue weighted by molar-refractivity contribution is -0.137. The topological polar surface area (TPSA) is 61.5 Å². The lowest BCUT2D eigenvalue weighted by Gasteiger charge is -2.18. The van der Waals surface area contributed by atoms with Gasteiger partial charge in [0.15, 0.2) is 0 Å². The van der Waals surface area contributed by atoms with Gasteiger partial charge in [-0.2, -0.15) is 13.2 Å². The molecule has 0 radical (unpaired) electrons. The number of methoxy groups -OCH3 is 1. The lowest BCUT2D eigenvalue weighted by Crippen LogP contribution is -2.17. The predicted octanol–water partition coefficient (Wildman–Crippen LogP) is 3.71. The van der Waals surface area contributed by atoms with E-state index in [-0.39, 0.29) is 13.2 Å². The molecule has 2 aromatic carbocycles. The molecule has 7 heteroatoms. The fourth-order valence-corrected chi connectivity index (χ4v) is 2.27. The minimum absolute atomic E-state index is 0.0432. The van der Waals surface area contributed by atoms with Crippen LogP contribution in [0.4, 0.5) is 13.2 Å². The number of benzene rings is 2. The second-order valence-electron chi connectivity index (χ2n) is 5.35. The zero-order chi connectivity index (χ0) is 18.4. The van der Waals surface area contributed by atoms with Gasteiger partial charge in [-0.25, -0.2) is 4.79 Å². The van der Waals surface area contributed by atoms with E-state index >= 15 is 0 Å². The van der Waals surface area contributed by atoms with E-state index in [1.165, 1.54) is 13.2 Å². The molecule has 0 amide bonds. The third-order valence-corrected chi connectivity index (χ3v) is 3.63. The Morgan fingerprint density at radius 3 is 2.40 bits per heavy atom. The van der Waals surface area contributed by atoms with E-state index in [2.05, 4.69) is 4.74 Å². The van der Waals surface area contributed by atoms with Crippen LogP contribution >= 0.6 is 0 Å². The van der Waals surface area contributed by atoms with E-state index in [9.17, 15) is 18.0 Å². The zero-order valence-electron chi connectivity index (χ0n) is 13.5. The molecule has 134 valence electrons. The second kappa shape index (κ2) is 8.13. The summed E-state index contributed by atoms with van der Waals surface area (Å²) in [4.78, 5) is 11.4. The van der Waals surface area contributed by atoms with Crippen molar-refractivity contribution < 1.29 is 27.4 Å². The van der Waals surface area contributed by atoms with Gasteiger partial charge in [-0.3, -0.25) is 0 Å². The quantitative estimate of drug-likeness (QED) is 0.805. The Bertz CT molecular complexity index is 714. The highest BCUT2D eigenvalue weighted by Gasteiger charge is 2.31. The maximum Gasteiger partial charge on any atom is 0.416 e. The molecule has 0 bridgehead atoms. The minimum Gasteiger partial charge on any atom is -0.465 e. The Morgan fingerprint density at radius 2 is 1.84 bits per heavy atom. The number of hydrogen-bond acceptors (Lipinski definition) is 4. The minimum atomic E-state index is -4.42. The molecule has 0 saturated carbocycles. The van der Waals surface area contributed by atoms with Crippen molar-refractivity contribution in [3.63, 3.8) is 0 Å². The number of halogens is 3. The van der Waals surface area contributed by atoms with E-state index in [1.807, 2.05) is 0 Å². The first-order chi connectivity index (χ1) is 11.8. The molecule has 25 heavy (non-hydrogen) atoms. The molecule has 0 aliphatic rings. The van der Waals surface area contributed by atoms with Crippen LogP contribution in [0.2, 0.25) is 0 Å². The van der Waals surface area contributed by atoms with Crippen LogP contribution in [0.5, 0.6) is 0 Å². The molecule has 1 unspecified atom stereocenters. The Labute approximate surface area is 143 Å². The van der Waals surface area contributed by atoms with E-state index in [0.29, 0.717) is 11.1 Å². The van der Waals surface area contributed by atoms with Crippen LogP contribution in [0.1, 0.15) is 33.2 Å². The number of alkyl halides is 3.